The highest BCUT2D eigenvalue weighted by molar-refractivity contribution is 5.87. The van der Waals surface area contributed by atoms with Crippen LogP contribution in [0.25, 0.3) is 0 Å². The Bertz CT molecular complexity index is 1560. The van der Waals surface area contributed by atoms with Gasteiger partial charge in [-0.15, -0.1) is 0 Å². The molecule has 0 unspecified atom stereocenters. The summed E-state index contributed by atoms with van der Waals surface area (Å²) in [6.45, 7) is 2.52. The summed E-state index contributed by atoms with van der Waals surface area (Å²) in [7, 11) is 0. The Morgan fingerprint density at radius 2 is 1.40 bits per heavy atom. The van der Waals surface area contributed by atoms with Gasteiger partial charge in [-0.1, -0.05) is 64.4 Å². The minimum atomic E-state index is -1.85. The number of hydrogen-bond donors (Lipinski definition) is 11. The molecule has 3 aliphatic rings. The summed E-state index contributed by atoms with van der Waals surface area (Å²) in [5.41, 5.74) is -1.68. The molecule has 57 heavy (non-hydrogen) atoms. The number of carbonyl (C=O) groups is 2. The van der Waals surface area contributed by atoms with Crippen molar-refractivity contribution in [1.29, 1.82) is 0 Å². The molecule has 4 rings (SSSR count). The molecule has 0 bridgehead atoms. The van der Waals surface area contributed by atoms with Gasteiger partial charge in [0.15, 0.2) is 18.8 Å². The highest BCUT2D eigenvalue weighted by Crippen LogP contribution is 2.34. The Labute approximate surface area is 329 Å². The molecule has 324 valence electrons. The van der Waals surface area contributed by atoms with Crippen LogP contribution in [-0.2, 0) is 28.5 Å². The Morgan fingerprint density at radius 1 is 0.825 bits per heavy atom. The maximum absolute atomic E-state index is 13.1. The maximum Gasteiger partial charge on any atom is 0.330 e. The zero-order valence-corrected chi connectivity index (χ0v) is 32.2. The van der Waals surface area contributed by atoms with Gasteiger partial charge in [-0.05, 0) is 18.9 Å². The Balaban J connectivity index is 1.48. The standard InChI is InChI=1S/C37H60N4O16/c1-3-4-5-6-7-8-9-10-11-12-13-14-23(45)39-26-30(50)27(47)21(54-36(26)57-35-25(38-19(2)43)29(49)28(48)22(18-42)55-35)17-20(44)33-31(51)32(52)34(56-33)41-16-15-24(46)40-37(41)53/h13-16,20-22,25-36,42,44,47-52H,3-12,17-18H2,1-2H3,(H,38,43)(H,39,45)(H,40,46,53)/b14-13+/t20-,21+,22+,25-,26-,27-,28-,29+,30+,31-,32+,33-,34-,35-,36-/m0/s1. The fourth-order valence-electron chi connectivity index (χ4n) is 7.32. The van der Waals surface area contributed by atoms with E-state index in [0.717, 1.165) is 49.4 Å². The Kier molecular flexibility index (Phi) is 18.2. The minimum absolute atomic E-state index is 0.597. The number of carbonyl (C=O) groups excluding carboxylic acids is 2. The van der Waals surface area contributed by atoms with Crippen molar-refractivity contribution in [2.75, 3.05) is 6.61 Å². The summed E-state index contributed by atoms with van der Waals surface area (Å²) < 4.78 is 24.1. The van der Waals surface area contributed by atoms with Crippen LogP contribution in [0, 0.1) is 0 Å². The van der Waals surface area contributed by atoms with Crippen molar-refractivity contribution in [3.8, 4) is 0 Å². The van der Waals surface area contributed by atoms with E-state index in [1.54, 1.807) is 6.08 Å². The summed E-state index contributed by atoms with van der Waals surface area (Å²) in [4.78, 5) is 51.0. The molecule has 11 N–H and O–H groups in total. The lowest BCUT2D eigenvalue weighted by Gasteiger charge is -2.47. The largest absolute Gasteiger partial charge is 0.394 e. The van der Waals surface area contributed by atoms with E-state index >= 15 is 0 Å². The van der Waals surface area contributed by atoms with Crippen LogP contribution in [0.3, 0.4) is 0 Å². The normalized spacial score (nSPS) is 35.0. The van der Waals surface area contributed by atoms with Crippen molar-refractivity contribution in [3.05, 3.63) is 45.3 Å². The molecule has 4 heterocycles. The van der Waals surface area contributed by atoms with E-state index in [0.29, 0.717) is 6.42 Å². The molecular weight excluding hydrogens is 756 g/mol. The summed E-state index contributed by atoms with van der Waals surface area (Å²) in [5.74, 6) is -1.35. The zero-order valence-electron chi connectivity index (χ0n) is 32.2. The molecule has 1 aromatic rings. The van der Waals surface area contributed by atoms with E-state index in [1.165, 1.54) is 38.2 Å². The number of unbranched alkanes of at least 4 members (excludes halogenated alkanes) is 9. The topological polar surface area (TPSA) is 312 Å². The molecule has 1 aromatic heterocycles. The molecule has 0 spiro atoms. The van der Waals surface area contributed by atoms with Gasteiger partial charge in [-0.3, -0.25) is 23.9 Å². The van der Waals surface area contributed by atoms with Crippen LogP contribution in [0.1, 0.15) is 90.7 Å². The summed E-state index contributed by atoms with van der Waals surface area (Å²) >= 11 is 0. The molecular formula is C37H60N4O16. The summed E-state index contributed by atoms with van der Waals surface area (Å²) in [5, 5.41) is 91.3. The molecule has 0 saturated carbocycles. The average molecular weight is 817 g/mol. The van der Waals surface area contributed by atoms with Crippen molar-refractivity contribution in [2.24, 2.45) is 0 Å². The molecule has 15 atom stereocenters. The van der Waals surface area contributed by atoms with Crippen LogP contribution in [0.15, 0.2) is 34.0 Å². The molecule has 0 aliphatic carbocycles. The molecule has 0 aromatic carbocycles. The highest BCUT2D eigenvalue weighted by atomic mass is 16.8. The van der Waals surface area contributed by atoms with E-state index in [-0.39, 0.29) is 0 Å². The van der Waals surface area contributed by atoms with Crippen LogP contribution in [0.5, 0.6) is 0 Å². The van der Waals surface area contributed by atoms with Gasteiger partial charge in [-0.2, -0.15) is 0 Å². The molecule has 2 amide bonds. The number of hydrogen-bond acceptors (Lipinski definition) is 16. The maximum atomic E-state index is 13.1. The number of nitrogens with one attached hydrogen (secondary N) is 3. The summed E-state index contributed by atoms with van der Waals surface area (Å²) in [6.07, 6.45) is -7.70. The fourth-order valence-corrected chi connectivity index (χ4v) is 7.32. The van der Waals surface area contributed by atoms with E-state index in [4.69, 9.17) is 18.9 Å². The van der Waals surface area contributed by atoms with Gasteiger partial charge in [0.25, 0.3) is 5.56 Å². The van der Waals surface area contributed by atoms with Crippen LogP contribution in [-0.4, -0.2) is 155 Å². The highest BCUT2D eigenvalue weighted by Gasteiger charge is 2.53. The number of allylic oxidation sites excluding steroid dienone is 1. The average Bonchev–Trinajstić information content (AvgIpc) is 3.46. The quantitative estimate of drug-likeness (QED) is 0.0470. The predicted octanol–water partition coefficient (Wildman–Crippen LogP) is -2.72. The van der Waals surface area contributed by atoms with Crippen molar-refractivity contribution >= 4 is 11.8 Å². The molecule has 3 fully saturated rings. The van der Waals surface area contributed by atoms with E-state index < -0.39 is 128 Å². The number of aromatic nitrogens is 2. The molecule has 20 nitrogen and oxygen atoms in total. The lowest BCUT2D eigenvalue weighted by Crippen LogP contribution is -2.68. The Morgan fingerprint density at radius 3 is 2.00 bits per heavy atom. The molecule has 0 radical (unpaired) electrons. The van der Waals surface area contributed by atoms with Crippen molar-refractivity contribution < 1.29 is 69.4 Å². The monoisotopic (exact) mass is 816 g/mol. The first-order valence-electron chi connectivity index (χ1n) is 19.7. The second-order valence-electron chi connectivity index (χ2n) is 14.9. The third-order valence-corrected chi connectivity index (χ3v) is 10.5. The smallest absolute Gasteiger partial charge is 0.330 e. The number of ether oxygens (including phenoxy) is 4. The number of amides is 2. The van der Waals surface area contributed by atoms with Crippen LogP contribution in [0.2, 0.25) is 0 Å². The van der Waals surface area contributed by atoms with E-state index in [9.17, 15) is 60.0 Å². The molecule has 3 saturated heterocycles. The number of nitrogens with zero attached hydrogens (tertiary/aromatic N) is 1. The predicted molar refractivity (Wildman–Crippen MR) is 198 cm³/mol. The fraction of sp³-hybridized carbons (Fsp3) is 0.784. The van der Waals surface area contributed by atoms with E-state index in [2.05, 4.69) is 17.6 Å². The number of rotatable bonds is 20. The van der Waals surface area contributed by atoms with Gasteiger partial charge < -0.3 is 70.4 Å². The van der Waals surface area contributed by atoms with Crippen LogP contribution < -0.4 is 21.9 Å². The van der Waals surface area contributed by atoms with Gasteiger partial charge in [0.05, 0.1) is 18.8 Å². The van der Waals surface area contributed by atoms with Gasteiger partial charge in [-0.25, -0.2) is 4.79 Å². The lowest BCUT2D eigenvalue weighted by molar-refractivity contribution is -0.346. The number of aliphatic hydroxyl groups is 8. The van der Waals surface area contributed by atoms with Gasteiger partial charge in [0.1, 0.15) is 60.9 Å². The second kappa shape index (κ2) is 22.3. The van der Waals surface area contributed by atoms with Gasteiger partial charge in [0, 0.05) is 25.6 Å². The zero-order chi connectivity index (χ0) is 41.8. The van der Waals surface area contributed by atoms with Crippen molar-refractivity contribution in [2.45, 2.75) is 176 Å². The number of H-pyrrole nitrogens is 1. The van der Waals surface area contributed by atoms with Gasteiger partial charge >= 0.3 is 5.69 Å². The third-order valence-electron chi connectivity index (χ3n) is 10.5. The first-order chi connectivity index (χ1) is 27.2. The van der Waals surface area contributed by atoms with Crippen LogP contribution >= 0.6 is 0 Å². The minimum Gasteiger partial charge on any atom is -0.394 e. The van der Waals surface area contributed by atoms with Crippen molar-refractivity contribution in [3.63, 3.8) is 0 Å². The molecule has 3 aliphatic heterocycles. The lowest BCUT2D eigenvalue weighted by atomic mass is 9.91. The van der Waals surface area contributed by atoms with E-state index in [1.807, 2.05) is 4.98 Å². The van der Waals surface area contributed by atoms with Crippen molar-refractivity contribution in [1.82, 2.24) is 20.2 Å². The number of aromatic amines is 1. The number of aliphatic hydroxyl groups excluding tert-OH is 8. The SMILES string of the molecule is CCCCCCCCCCC/C=C/C(=O)N[C@@H]1[C@H](O[C@@H]2O[C@H](CO)[C@H](O)[C@H](O)[C@@H]2NC(C)=O)O[C@H](C[C@H](O)[C@@H]2O[C@H](n3ccc(=O)[nH]c3=O)[C@H](O)[C@@H]2O)[C@H](O)[C@@H]1O. The molecule has 20 heteroatoms. The van der Waals surface area contributed by atoms with Crippen LogP contribution in [0.4, 0.5) is 0 Å². The summed E-state index contributed by atoms with van der Waals surface area (Å²) in [6, 6.07) is -2.01. The third kappa shape index (κ3) is 12.4. The van der Waals surface area contributed by atoms with Gasteiger partial charge in [0.2, 0.25) is 11.8 Å². The second-order valence-corrected chi connectivity index (χ2v) is 14.9. The Hall–Kier alpha value is -3.12. The first kappa shape index (κ1) is 46.6. The first-order valence-corrected chi connectivity index (χ1v) is 19.7.